The second-order valence-electron chi connectivity index (χ2n) is 1.95. The molecule has 0 aromatic rings. The first-order valence-electron chi connectivity index (χ1n) is 3.05. The summed E-state index contributed by atoms with van der Waals surface area (Å²) in [5, 5.41) is 0. The van der Waals surface area contributed by atoms with Crippen molar-refractivity contribution >= 4 is 6.09 Å². The van der Waals surface area contributed by atoms with Crippen molar-refractivity contribution in [3.63, 3.8) is 0 Å². The van der Waals surface area contributed by atoms with Gasteiger partial charge in [-0.25, -0.2) is 4.79 Å². The number of carbonyl (C=O) groups excluding carboxylic acids is 1. The van der Waals surface area contributed by atoms with Crippen LogP contribution in [0.5, 0.6) is 0 Å². The second kappa shape index (κ2) is 2.68. The molecule has 1 aliphatic rings. The average molecular weight is 130 g/mol. The van der Waals surface area contributed by atoms with Crippen molar-refractivity contribution in [2.45, 2.75) is 26.0 Å². The maximum atomic E-state index is 10.3. The number of rotatable bonds is 2. The smallest absolute Gasteiger partial charge is 0.423 e. The molecule has 0 bridgehead atoms. The molecule has 1 aliphatic heterocycles. The quantitative estimate of drug-likeness (QED) is 0.567. The SMILES string of the molecule is CCCC1NNC(=O)O1. The van der Waals surface area contributed by atoms with E-state index < -0.39 is 0 Å². The van der Waals surface area contributed by atoms with Gasteiger partial charge in [0, 0.05) is 0 Å². The van der Waals surface area contributed by atoms with Crippen LogP contribution < -0.4 is 10.9 Å². The van der Waals surface area contributed by atoms with Gasteiger partial charge in [-0.1, -0.05) is 13.3 Å². The molecule has 1 atom stereocenters. The highest BCUT2D eigenvalue weighted by molar-refractivity contribution is 5.68. The molecule has 1 rings (SSSR count). The zero-order chi connectivity index (χ0) is 6.69. The van der Waals surface area contributed by atoms with Crippen molar-refractivity contribution < 1.29 is 9.53 Å². The highest BCUT2D eigenvalue weighted by Gasteiger charge is 2.19. The van der Waals surface area contributed by atoms with Crippen molar-refractivity contribution in [3.8, 4) is 0 Å². The Kier molecular flexibility index (Phi) is 1.89. The molecule has 52 valence electrons. The summed E-state index contributed by atoms with van der Waals surface area (Å²) in [7, 11) is 0. The van der Waals surface area contributed by atoms with Crippen molar-refractivity contribution in [3.05, 3.63) is 0 Å². The fourth-order valence-electron chi connectivity index (χ4n) is 0.721. The Bertz CT molecular complexity index is 116. The summed E-state index contributed by atoms with van der Waals surface area (Å²) >= 11 is 0. The average Bonchev–Trinajstić information content (AvgIpc) is 2.17. The summed E-state index contributed by atoms with van der Waals surface area (Å²) in [5.41, 5.74) is 5.03. The van der Waals surface area contributed by atoms with E-state index >= 15 is 0 Å². The zero-order valence-corrected chi connectivity index (χ0v) is 5.31. The van der Waals surface area contributed by atoms with Crippen LogP contribution in [0.4, 0.5) is 4.79 Å². The molecule has 0 aliphatic carbocycles. The molecular formula is C5H10N2O2. The summed E-state index contributed by atoms with van der Waals surface area (Å²) in [6.45, 7) is 2.04. The predicted molar refractivity (Wildman–Crippen MR) is 31.4 cm³/mol. The van der Waals surface area contributed by atoms with E-state index in [2.05, 4.69) is 10.9 Å². The van der Waals surface area contributed by atoms with E-state index in [1.807, 2.05) is 6.92 Å². The number of amides is 1. The van der Waals surface area contributed by atoms with Gasteiger partial charge in [0.25, 0.3) is 0 Å². The van der Waals surface area contributed by atoms with Gasteiger partial charge in [0.05, 0.1) is 0 Å². The molecule has 0 radical (unpaired) electrons. The van der Waals surface area contributed by atoms with Gasteiger partial charge < -0.3 is 4.74 Å². The van der Waals surface area contributed by atoms with Crippen molar-refractivity contribution in [1.29, 1.82) is 0 Å². The molecule has 1 fully saturated rings. The fourth-order valence-corrected chi connectivity index (χ4v) is 0.721. The van der Waals surface area contributed by atoms with E-state index in [-0.39, 0.29) is 12.3 Å². The van der Waals surface area contributed by atoms with Crippen LogP contribution in [0.25, 0.3) is 0 Å². The maximum absolute atomic E-state index is 10.3. The lowest BCUT2D eigenvalue weighted by molar-refractivity contribution is 0.123. The Balaban J connectivity index is 2.22. The van der Waals surface area contributed by atoms with E-state index in [0.717, 1.165) is 12.8 Å². The van der Waals surface area contributed by atoms with Gasteiger partial charge in [0.15, 0.2) is 6.23 Å². The Morgan fingerprint density at radius 2 is 2.56 bits per heavy atom. The molecule has 0 spiro atoms. The monoisotopic (exact) mass is 130 g/mol. The summed E-state index contributed by atoms with van der Waals surface area (Å²) in [6, 6.07) is 0. The van der Waals surface area contributed by atoms with Crippen LogP contribution >= 0.6 is 0 Å². The minimum atomic E-state index is -0.381. The highest BCUT2D eigenvalue weighted by Crippen LogP contribution is 2.01. The van der Waals surface area contributed by atoms with Crippen LogP contribution in [0.2, 0.25) is 0 Å². The third-order valence-electron chi connectivity index (χ3n) is 1.14. The number of ether oxygens (including phenoxy) is 1. The Labute approximate surface area is 53.5 Å². The van der Waals surface area contributed by atoms with Crippen molar-refractivity contribution in [2.75, 3.05) is 0 Å². The molecule has 9 heavy (non-hydrogen) atoms. The normalized spacial score (nSPS) is 25.4. The van der Waals surface area contributed by atoms with Crippen molar-refractivity contribution in [2.24, 2.45) is 0 Å². The molecule has 2 N–H and O–H groups in total. The number of carbonyl (C=O) groups is 1. The summed E-state index contributed by atoms with van der Waals surface area (Å²) in [6.07, 6.45) is 1.36. The Hall–Kier alpha value is -0.770. The largest absolute Gasteiger partial charge is 0.428 e. The Morgan fingerprint density at radius 1 is 1.78 bits per heavy atom. The van der Waals surface area contributed by atoms with E-state index in [9.17, 15) is 4.79 Å². The predicted octanol–water partition coefficient (Wildman–Crippen LogP) is 0.357. The molecule has 1 amide bonds. The fraction of sp³-hybridized carbons (Fsp3) is 0.800. The Morgan fingerprint density at radius 3 is 3.00 bits per heavy atom. The van der Waals surface area contributed by atoms with Crippen LogP contribution in [0, 0.1) is 0 Å². The molecule has 0 saturated carbocycles. The van der Waals surface area contributed by atoms with E-state index in [1.54, 1.807) is 0 Å². The van der Waals surface area contributed by atoms with Gasteiger partial charge in [-0.15, -0.1) is 0 Å². The lowest BCUT2D eigenvalue weighted by Crippen LogP contribution is -2.30. The summed E-state index contributed by atoms with van der Waals surface area (Å²) in [4.78, 5) is 10.3. The van der Waals surface area contributed by atoms with Crippen LogP contribution in [0.3, 0.4) is 0 Å². The first-order valence-corrected chi connectivity index (χ1v) is 3.05. The van der Waals surface area contributed by atoms with Crippen LogP contribution in [0.15, 0.2) is 0 Å². The minimum absolute atomic E-state index is 0.123. The molecule has 1 saturated heterocycles. The van der Waals surface area contributed by atoms with Crippen LogP contribution in [0.1, 0.15) is 19.8 Å². The highest BCUT2D eigenvalue weighted by atomic mass is 16.6. The number of hydrogen-bond acceptors (Lipinski definition) is 3. The molecule has 4 heteroatoms. The molecule has 1 heterocycles. The summed E-state index contributed by atoms with van der Waals surface area (Å²) in [5.74, 6) is 0. The van der Waals surface area contributed by atoms with Crippen LogP contribution in [-0.2, 0) is 4.74 Å². The van der Waals surface area contributed by atoms with Gasteiger partial charge in [-0.05, 0) is 6.42 Å². The van der Waals surface area contributed by atoms with Gasteiger partial charge in [-0.3, -0.25) is 5.43 Å². The molecule has 1 unspecified atom stereocenters. The summed E-state index contributed by atoms with van der Waals surface area (Å²) < 4.78 is 4.74. The van der Waals surface area contributed by atoms with E-state index in [0.29, 0.717) is 0 Å². The molecule has 0 aromatic carbocycles. The van der Waals surface area contributed by atoms with Gasteiger partial charge in [-0.2, -0.15) is 5.43 Å². The molecule has 0 aromatic heterocycles. The van der Waals surface area contributed by atoms with Gasteiger partial charge in [0.2, 0.25) is 0 Å². The standard InChI is InChI=1S/C5H10N2O2/c1-2-3-4-6-7-5(8)9-4/h4,6H,2-3H2,1H3,(H,7,8). The molecule has 4 nitrogen and oxygen atoms in total. The van der Waals surface area contributed by atoms with Gasteiger partial charge >= 0.3 is 6.09 Å². The third kappa shape index (κ3) is 1.57. The van der Waals surface area contributed by atoms with Gasteiger partial charge in [0.1, 0.15) is 0 Å². The van der Waals surface area contributed by atoms with E-state index in [1.165, 1.54) is 0 Å². The number of hydrazine groups is 1. The number of nitrogens with one attached hydrogen (secondary N) is 2. The first-order chi connectivity index (χ1) is 4.33. The zero-order valence-electron chi connectivity index (χ0n) is 5.31. The second-order valence-corrected chi connectivity index (χ2v) is 1.95. The van der Waals surface area contributed by atoms with Crippen molar-refractivity contribution in [1.82, 2.24) is 10.9 Å². The third-order valence-corrected chi connectivity index (χ3v) is 1.14. The minimum Gasteiger partial charge on any atom is -0.428 e. The van der Waals surface area contributed by atoms with E-state index in [4.69, 9.17) is 4.74 Å². The lowest BCUT2D eigenvalue weighted by Gasteiger charge is -2.03. The topological polar surface area (TPSA) is 50.4 Å². The number of hydrogen-bond donors (Lipinski definition) is 2. The maximum Gasteiger partial charge on any atom is 0.423 e. The van der Waals surface area contributed by atoms with Crippen LogP contribution in [-0.4, -0.2) is 12.3 Å². The number of cyclic esters (lactones) is 1. The lowest BCUT2D eigenvalue weighted by atomic mass is 10.3. The molecular weight excluding hydrogens is 120 g/mol. The first kappa shape index (κ1) is 6.35.